The first-order valence-electron chi connectivity index (χ1n) is 9.35. The van der Waals surface area contributed by atoms with Crippen LogP contribution in [0.15, 0.2) is 45.6 Å². The molecule has 0 saturated carbocycles. The molecule has 0 bridgehead atoms. The van der Waals surface area contributed by atoms with Gasteiger partial charge in [-0.15, -0.1) is 0 Å². The maximum Gasteiger partial charge on any atom is 0.203 e. The molecule has 164 valence electrons. The summed E-state index contributed by atoms with van der Waals surface area (Å²) in [7, 11) is 0. The second-order valence-corrected chi connectivity index (χ2v) is 7.31. The number of aromatic hydroxyl groups is 3. The molecule has 5 atom stereocenters. The monoisotopic (exact) mass is 432 g/mol. The molecular formula is C21H20O10. The number of ether oxygens (including phenoxy) is 1. The zero-order valence-corrected chi connectivity index (χ0v) is 15.9. The average Bonchev–Trinajstić information content (AvgIpc) is 2.73. The Balaban J connectivity index is 2.02. The van der Waals surface area contributed by atoms with Crippen molar-refractivity contribution >= 4 is 11.0 Å². The zero-order chi connectivity index (χ0) is 22.4. The van der Waals surface area contributed by atoms with Crippen molar-refractivity contribution in [2.45, 2.75) is 30.5 Å². The summed E-state index contributed by atoms with van der Waals surface area (Å²) in [6.07, 6.45) is -7.96. The van der Waals surface area contributed by atoms with Crippen LogP contribution >= 0.6 is 0 Å². The molecule has 7 N–H and O–H groups in total. The Kier molecular flexibility index (Phi) is 5.33. The van der Waals surface area contributed by atoms with Gasteiger partial charge < -0.3 is 44.9 Å². The fourth-order valence-corrected chi connectivity index (χ4v) is 3.72. The average molecular weight is 432 g/mol. The van der Waals surface area contributed by atoms with E-state index in [0.717, 1.165) is 12.1 Å². The zero-order valence-electron chi connectivity index (χ0n) is 15.9. The Bertz CT molecular complexity index is 1170. The van der Waals surface area contributed by atoms with E-state index >= 15 is 0 Å². The number of hydrogen-bond donors (Lipinski definition) is 7. The van der Waals surface area contributed by atoms with Gasteiger partial charge in [0.1, 0.15) is 64.5 Å². The molecule has 0 amide bonds. The van der Waals surface area contributed by atoms with Gasteiger partial charge in [-0.3, -0.25) is 4.79 Å². The lowest BCUT2D eigenvalue weighted by Crippen LogP contribution is -2.55. The molecular weight excluding hydrogens is 412 g/mol. The Morgan fingerprint density at radius 2 is 1.55 bits per heavy atom. The van der Waals surface area contributed by atoms with E-state index in [2.05, 4.69) is 0 Å². The van der Waals surface area contributed by atoms with Gasteiger partial charge in [0.15, 0.2) is 0 Å². The van der Waals surface area contributed by atoms with Crippen molar-refractivity contribution in [3.8, 4) is 28.6 Å². The molecule has 1 aliphatic rings. The van der Waals surface area contributed by atoms with Crippen molar-refractivity contribution in [3.63, 3.8) is 0 Å². The first-order valence-corrected chi connectivity index (χ1v) is 9.35. The van der Waals surface area contributed by atoms with Gasteiger partial charge in [0.2, 0.25) is 5.43 Å². The van der Waals surface area contributed by atoms with Crippen molar-refractivity contribution in [2.24, 2.45) is 0 Å². The Labute approximate surface area is 174 Å². The van der Waals surface area contributed by atoms with Crippen LogP contribution < -0.4 is 5.43 Å². The number of aliphatic hydroxyl groups is 4. The quantitative estimate of drug-likeness (QED) is 0.300. The number of phenolic OH excluding ortho intramolecular Hbond substituents is 3. The Hall–Kier alpha value is -3.15. The van der Waals surface area contributed by atoms with Crippen LogP contribution in [0.5, 0.6) is 17.2 Å². The van der Waals surface area contributed by atoms with Gasteiger partial charge in [0.25, 0.3) is 0 Å². The molecule has 0 radical (unpaired) electrons. The van der Waals surface area contributed by atoms with Gasteiger partial charge >= 0.3 is 0 Å². The van der Waals surface area contributed by atoms with Gasteiger partial charge in [0.05, 0.1) is 12.2 Å². The first-order chi connectivity index (χ1) is 14.7. The lowest BCUT2D eigenvalue weighted by molar-refractivity contribution is -0.232. The third-order valence-corrected chi connectivity index (χ3v) is 5.30. The van der Waals surface area contributed by atoms with Crippen LogP contribution in [0.3, 0.4) is 0 Å². The minimum Gasteiger partial charge on any atom is -0.508 e. The van der Waals surface area contributed by atoms with Crippen LogP contribution in [0.25, 0.3) is 22.3 Å². The van der Waals surface area contributed by atoms with Gasteiger partial charge in [-0.1, -0.05) is 0 Å². The number of aliphatic hydroxyl groups excluding tert-OH is 4. The van der Waals surface area contributed by atoms with Gasteiger partial charge in [-0.2, -0.15) is 0 Å². The van der Waals surface area contributed by atoms with E-state index in [9.17, 15) is 40.5 Å². The molecule has 4 rings (SSSR count). The number of fused-ring (bicyclic) bond motifs is 1. The lowest BCUT2D eigenvalue weighted by Gasteiger charge is -2.40. The number of hydrogen-bond acceptors (Lipinski definition) is 10. The van der Waals surface area contributed by atoms with Crippen molar-refractivity contribution < 1.29 is 44.9 Å². The number of benzene rings is 2. The second kappa shape index (κ2) is 7.84. The summed E-state index contributed by atoms with van der Waals surface area (Å²) in [5.41, 5.74) is -0.965. The predicted molar refractivity (Wildman–Crippen MR) is 106 cm³/mol. The van der Waals surface area contributed by atoms with E-state index in [-0.39, 0.29) is 39.4 Å². The lowest BCUT2D eigenvalue weighted by atomic mass is 9.89. The minimum atomic E-state index is -1.77. The highest BCUT2D eigenvalue weighted by atomic mass is 16.5. The topological polar surface area (TPSA) is 181 Å². The van der Waals surface area contributed by atoms with Crippen LogP contribution in [0, 0.1) is 0 Å². The molecule has 1 aliphatic heterocycles. The summed E-state index contributed by atoms with van der Waals surface area (Å²) in [6.45, 7) is -0.700. The van der Waals surface area contributed by atoms with E-state index in [1.165, 1.54) is 24.3 Å². The Morgan fingerprint density at radius 1 is 0.871 bits per heavy atom. The molecule has 10 heteroatoms. The fourth-order valence-electron chi connectivity index (χ4n) is 3.72. The molecule has 2 heterocycles. The molecule has 1 fully saturated rings. The fraction of sp³-hybridized carbons (Fsp3) is 0.286. The van der Waals surface area contributed by atoms with Crippen molar-refractivity contribution in [1.82, 2.24) is 0 Å². The molecule has 1 unspecified atom stereocenters. The summed E-state index contributed by atoms with van der Waals surface area (Å²) in [5, 5.41) is 69.6. The predicted octanol–water partition coefficient (Wildman–Crippen LogP) is 0.0917. The van der Waals surface area contributed by atoms with Crippen LogP contribution in [0.1, 0.15) is 11.7 Å². The first kappa shape index (κ1) is 21.1. The maximum atomic E-state index is 13.4. The minimum absolute atomic E-state index is 0.0587. The van der Waals surface area contributed by atoms with Crippen LogP contribution in [-0.2, 0) is 4.74 Å². The molecule has 1 saturated heterocycles. The van der Waals surface area contributed by atoms with E-state index in [1.54, 1.807) is 0 Å². The number of rotatable bonds is 3. The Morgan fingerprint density at radius 3 is 2.19 bits per heavy atom. The van der Waals surface area contributed by atoms with E-state index in [4.69, 9.17) is 9.15 Å². The maximum absolute atomic E-state index is 13.4. The largest absolute Gasteiger partial charge is 0.508 e. The summed E-state index contributed by atoms with van der Waals surface area (Å²) >= 11 is 0. The molecule has 0 aliphatic carbocycles. The summed E-state index contributed by atoms with van der Waals surface area (Å²) in [5.74, 6) is -1.11. The van der Waals surface area contributed by atoms with Crippen LogP contribution in [0.2, 0.25) is 0 Å². The standard InChI is InChI=1S/C21H20O10/c22-7-13-16(26)18(28)19(29)21(31-13)15-17(27)14-11(25)5-10(24)6-12(14)30-20(15)8-1-3-9(23)4-2-8/h1-6,13,16,18-19,21-26,28-29H,7H2/t13-,16-,18+,19-,21?/m1/s1. The highest BCUT2D eigenvalue weighted by Crippen LogP contribution is 2.39. The second-order valence-electron chi connectivity index (χ2n) is 7.31. The van der Waals surface area contributed by atoms with Gasteiger partial charge in [-0.05, 0) is 24.3 Å². The van der Waals surface area contributed by atoms with Crippen molar-refractivity contribution in [1.29, 1.82) is 0 Å². The third kappa shape index (κ3) is 3.50. The summed E-state index contributed by atoms with van der Waals surface area (Å²) in [6, 6.07) is 7.58. The summed E-state index contributed by atoms with van der Waals surface area (Å²) in [4.78, 5) is 13.4. The SMILES string of the molecule is O=c1c(C2O[C@H](CO)[C@@H](O)[C@H](O)[C@H]2O)c(-c2ccc(O)cc2)oc2cc(O)cc(O)c12. The van der Waals surface area contributed by atoms with Crippen molar-refractivity contribution in [3.05, 3.63) is 52.2 Å². The molecule has 0 spiro atoms. The third-order valence-electron chi connectivity index (χ3n) is 5.30. The van der Waals surface area contributed by atoms with Gasteiger partial charge in [0, 0.05) is 17.7 Å². The molecule has 10 nitrogen and oxygen atoms in total. The smallest absolute Gasteiger partial charge is 0.203 e. The molecule has 31 heavy (non-hydrogen) atoms. The molecule has 1 aromatic heterocycles. The highest BCUT2D eigenvalue weighted by Gasteiger charge is 2.46. The van der Waals surface area contributed by atoms with Crippen molar-refractivity contribution in [2.75, 3.05) is 6.61 Å². The number of phenols is 3. The normalized spacial score (nSPS) is 26.3. The van der Waals surface area contributed by atoms with E-state index in [1.807, 2.05) is 0 Å². The van der Waals surface area contributed by atoms with Gasteiger partial charge in [-0.25, -0.2) is 0 Å². The highest BCUT2D eigenvalue weighted by molar-refractivity contribution is 5.87. The van der Waals surface area contributed by atoms with Crippen LogP contribution in [0.4, 0.5) is 0 Å². The summed E-state index contributed by atoms with van der Waals surface area (Å²) < 4.78 is 11.3. The van der Waals surface area contributed by atoms with E-state index in [0.29, 0.717) is 0 Å². The molecule has 3 aromatic rings. The van der Waals surface area contributed by atoms with E-state index < -0.39 is 48.3 Å². The molecule has 2 aromatic carbocycles. The van der Waals surface area contributed by atoms with Crippen LogP contribution in [-0.4, -0.2) is 66.8 Å².